The number of hydrogen-bond donors (Lipinski definition) is 1. The highest BCUT2D eigenvalue weighted by Crippen LogP contribution is 2.27. The Morgan fingerprint density at radius 1 is 1.33 bits per heavy atom. The number of halogens is 3. The molecule has 1 heterocycles. The van der Waals surface area contributed by atoms with Crippen molar-refractivity contribution in [2.45, 2.75) is 19.7 Å². The maximum atomic E-state index is 12.0. The van der Waals surface area contributed by atoms with Gasteiger partial charge in [-0.2, -0.15) is 0 Å². The number of hydrogen-bond acceptors (Lipinski definition) is 4. The molecule has 5 nitrogen and oxygen atoms in total. The molecule has 1 aromatic heterocycles. The predicted molar refractivity (Wildman–Crippen MR) is 65.0 cm³/mol. The normalized spacial score (nSPS) is 11.4. The van der Waals surface area contributed by atoms with Crippen LogP contribution in [0.5, 0.6) is 5.75 Å². The number of carboxylic acids is 1. The second-order valence-corrected chi connectivity index (χ2v) is 4.02. The lowest BCUT2D eigenvalue weighted by atomic mass is 10.2. The standard InChI is InChI=1S/C13H10F3NO4/c1-2-9-10(12(18)19)17-11(20-9)7-3-5-8(6-4-7)21-13(14,15)16/h3-6H,2H2,1H3,(H,18,19). The molecular formula is C13H10F3NO4. The quantitative estimate of drug-likeness (QED) is 0.935. The van der Waals surface area contributed by atoms with Crippen LogP contribution in [0.3, 0.4) is 0 Å². The Hall–Kier alpha value is -2.51. The van der Waals surface area contributed by atoms with Crippen LogP contribution in [0.15, 0.2) is 28.7 Å². The lowest BCUT2D eigenvalue weighted by molar-refractivity contribution is -0.274. The van der Waals surface area contributed by atoms with Crippen LogP contribution < -0.4 is 4.74 Å². The van der Waals surface area contributed by atoms with Gasteiger partial charge >= 0.3 is 12.3 Å². The lowest BCUT2D eigenvalue weighted by Crippen LogP contribution is -2.16. The first kappa shape index (κ1) is 14.9. The summed E-state index contributed by atoms with van der Waals surface area (Å²) in [6.07, 6.45) is -4.43. The van der Waals surface area contributed by atoms with Crippen LogP contribution in [0.4, 0.5) is 13.2 Å². The third kappa shape index (κ3) is 3.53. The van der Waals surface area contributed by atoms with E-state index in [2.05, 4.69) is 9.72 Å². The van der Waals surface area contributed by atoms with E-state index >= 15 is 0 Å². The number of aryl methyl sites for hydroxylation is 1. The minimum Gasteiger partial charge on any atom is -0.476 e. The molecule has 21 heavy (non-hydrogen) atoms. The molecule has 1 N–H and O–H groups in total. The van der Waals surface area contributed by atoms with Gasteiger partial charge in [-0.15, -0.1) is 13.2 Å². The summed E-state index contributed by atoms with van der Waals surface area (Å²) in [6.45, 7) is 1.71. The molecule has 0 fully saturated rings. The maximum absolute atomic E-state index is 12.0. The fourth-order valence-electron chi connectivity index (χ4n) is 1.68. The van der Waals surface area contributed by atoms with Gasteiger partial charge in [-0.25, -0.2) is 9.78 Å². The Morgan fingerprint density at radius 3 is 2.38 bits per heavy atom. The summed E-state index contributed by atoms with van der Waals surface area (Å²) in [5, 5.41) is 8.96. The number of alkyl halides is 3. The zero-order valence-electron chi connectivity index (χ0n) is 10.8. The number of benzene rings is 1. The van der Waals surface area contributed by atoms with Gasteiger partial charge in [0.25, 0.3) is 0 Å². The monoisotopic (exact) mass is 301 g/mol. The van der Waals surface area contributed by atoms with Crippen molar-refractivity contribution in [2.24, 2.45) is 0 Å². The van der Waals surface area contributed by atoms with Crippen LogP contribution in [0, 0.1) is 0 Å². The van der Waals surface area contributed by atoms with Gasteiger partial charge in [0.15, 0.2) is 5.69 Å². The number of carboxylic acid groups (broad SMARTS) is 1. The Kier molecular flexibility index (Phi) is 3.88. The summed E-state index contributed by atoms with van der Waals surface area (Å²) in [5.74, 6) is -1.37. The molecule has 0 aliphatic rings. The molecular weight excluding hydrogens is 291 g/mol. The van der Waals surface area contributed by atoms with Crippen molar-refractivity contribution in [3.8, 4) is 17.2 Å². The fraction of sp³-hybridized carbons (Fsp3) is 0.231. The van der Waals surface area contributed by atoms with E-state index < -0.39 is 12.3 Å². The van der Waals surface area contributed by atoms with Crippen molar-refractivity contribution in [3.05, 3.63) is 35.7 Å². The van der Waals surface area contributed by atoms with Gasteiger partial charge in [0.2, 0.25) is 5.89 Å². The zero-order valence-corrected chi connectivity index (χ0v) is 10.8. The number of aromatic carboxylic acids is 1. The van der Waals surface area contributed by atoms with Crippen molar-refractivity contribution >= 4 is 5.97 Å². The van der Waals surface area contributed by atoms with Crippen LogP contribution in [-0.4, -0.2) is 22.4 Å². The van der Waals surface area contributed by atoms with Gasteiger partial charge in [-0.05, 0) is 24.3 Å². The third-order valence-corrected chi connectivity index (χ3v) is 2.56. The Labute approximate surface area is 117 Å². The third-order valence-electron chi connectivity index (χ3n) is 2.56. The molecule has 8 heteroatoms. The van der Waals surface area contributed by atoms with Crippen LogP contribution in [0.25, 0.3) is 11.5 Å². The van der Waals surface area contributed by atoms with Crippen molar-refractivity contribution in [3.63, 3.8) is 0 Å². The molecule has 2 aromatic rings. The molecule has 112 valence electrons. The molecule has 1 aromatic carbocycles. The zero-order chi connectivity index (χ0) is 15.6. The minimum atomic E-state index is -4.77. The van der Waals surface area contributed by atoms with E-state index in [1.165, 1.54) is 12.1 Å². The molecule has 0 aliphatic heterocycles. The highest BCUT2D eigenvalue weighted by atomic mass is 19.4. The van der Waals surface area contributed by atoms with Crippen LogP contribution in [0.1, 0.15) is 23.2 Å². The average Bonchev–Trinajstić information content (AvgIpc) is 2.82. The SMILES string of the molecule is CCc1oc(-c2ccc(OC(F)(F)F)cc2)nc1C(=O)O. The molecule has 0 saturated carbocycles. The molecule has 0 spiro atoms. The molecule has 0 bridgehead atoms. The van der Waals surface area contributed by atoms with Gasteiger partial charge < -0.3 is 14.3 Å². The lowest BCUT2D eigenvalue weighted by Gasteiger charge is -2.08. The number of ether oxygens (including phenoxy) is 1. The van der Waals surface area contributed by atoms with Crippen molar-refractivity contribution in [2.75, 3.05) is 0 Å². The van der Waals surface area contributed by atoms with E-state index in [9.17, 15) is 18.0 Å². The average molecular weight is 301 g/mol. The number of aromatic nitrogens is 1. The fourth-order valence-corrected chi connectivity index (χ4v) is 1.68. The first-order valence-electron chi connectivity index (χ1n) is 5.89. The van der Waals surface area contributed by atoms with Gasteiger partial charge in [0.1, 0.15) is 11.5 Å². The van der Waals surface area contributed by atoms with Gasteiger partial charge in [-0.1, -0.05) is 6.92 Å². The summed E-state index contributed by atoms with van der Waals surface area (Å²) in [7, 11) is 0. The molecule has 2 rings (SSSR count). The Bertz CT molecular complexity index is 646. The molecule has 0 radical (unpaired) electrons. The molecule has 0 amide bonds. The van der Waals surface area contributed by atoms with Crippen molar-refractivity contribution < 1.29 is 32.2 Å². The van der Waals surface area contributed by atoms with E-state index in [1.807, 2.05) is 0 Å². The van der Waals surface area contributed by atoms with E-state index in [1.54, 1.807) is 6.92 Å². The number of rotatable bonds is 4. The van der Waals surface area contributed by atoms with Crippen molar-refractivity contribution in [1.82, 2.24) is 4.98 Å². The topological polar surface area (TPSA) is 72.6 Å². The van der Waals surface area contributed by atoms with Gasteiger partial charge in [0, 0.05) is 12.0 Å². The summed E-state index contributed by atoms with van der Waals surface area (Å²) in [6, 6.07) is 4.80. The van der Waals surface area contributed by atoms with Crippen LogP contribution >= 0.6 is 0 Å². The van der Waals surface area contributed by atoms with Crippen LogP contribution in [0.2, 0.25) is 0 Å². The second-order valence-electron chi connectivity index (χ2n) is 4.02. The second kappa shape index (κ2) is 5.47. The predicted octanol–water partition coefficient (Wildman–Crippen LogP) is 3.50. The summed E-state index contributed by atoms with van der Waals surface area (Å²) in [4.78, 5) is 14.8. The van der Waals surface area contributed by atoms with E-state index in [4.69, 9.17) is 9.52 Å². The first-order chi connectivity index (χ1) is 9.80. The summed E-state index contributed by atoms with van der Waals surface area (Å²) in [5.41, 5.74) is 0.148. The van der Waals surface area contributed by atoms with Gasteiger partial charge in [0.05, 0.1) is 0 Å². The number of oxazole rings is 1. The molecule has 0 atom stereocenters. The van der Waals surface area contributed by atoms with Gasteiger partial charge in [-0.3, -0.25) is 0 Å². The summed E-state index contributed by atoms with van der Waals surface area (Å²) < 4.78 is 45.1. The highest BCUT2D eigenvalue weighted by molar-refractivity contribution is 5.87. The summed E-state index contributed by atoms with van der Waals surface area (Å²) >= 11 is 0. The minimum absolute atomic E-state index is 0.0304. The Morgan fingerprint density at radius 2 is 1.95 bits per heavy atom. The van der Waals surface area contributed by atoms with E-state index in [-0.39, 0.29) is 23.1 Å². The van der Waals surface area contributed by atoms with Crippen molar-refractivity contribution in [1.29, 1.82) is 0 Å². The Balaban J connectivity index is 2.29. The molecule has 0 saturated heterocycles. The number of carbonyl (C=O) groups is 1. The smallest absolute Gasteiger partial charge is 0.476 e. The maximum Gasteiger partial charge on any atom is 0.573 e. The first-order valence-corrected chi connectivity index (χ1v) is 5.89. The van der Waals surface area contributed by atoms with E-state index in [0.29, 0.717) is 12.0 Å². The highest BCUT2D eigenvalue weighted by Gasteiger charge is 2.31. The number of nitrogens with zero attached hydrogens (tertiary/aromatic N) is 1. The molecule has 0 unspecified atom stereocenters. The molecule has 0 aliphatic carbocycles. The van der Waals surface area contributed by atoms with E-state index in [0.717, 1.165) is 12.1 Å². The van der Waals surface area contributed by atoms with Crippen LogP contribution in [-0.2, 0) is 6.42 Å². The largest absolute Gasteiger partial charge is 0.573 e.